The molecule has 1 amide bonds. The Balaban J connectivity index is 1.77. The van der Waals surface area contributed by atoms with Crippen molar-refractivity contribution in [3.8, 4) is 0 Å². The number of aryl methyl sites for hydroxylation is 1. The van der Waals surface area contributed by atoms with E-state index in [0.717, 1.165) is 28.2 Å². The number of sulfonamides is 1. The van der Waals surface area contributed by atoms with Gasteiger partial charge < -0.3 is 5.32 Å². The van der Waals surface area contributed by atoms with Gasteiger partial charge in [-0.1, -0.05) is 24.3 Å². The number of rotatable bonds is 5. The lowest BCUT2D eigenvalue weighted by atomic mass is 10.0. The molecule has 146 valence electrons. The number of halogens is 1. The summed E-state index contributed by atoms with van der Waals surface area (Å²) in [6.45, 7) is 3.65. The van der Waals surface area contributed by atoms with E-state index in [9.17, 15) is 17.6 Å². The first-order valence-electron chi connectivity index (χ1n) is 8.71. The van der Waals surface area contributed by atoms with Gasteiger partial charge in [0.25, 0.3) is 5.91 Å². The van der Waals surface area contributed by atoms with Crippen LogP contribution in [0.1, 0.15) is 34.5 Å². The van der Waals surface area contributed by atoms with Gasteiger partial charge >= 0.3 is 0 Å². The third-order valence-corrected chi connectivity index (χ3v) is 5.05. The number of nitrogens with one attached hydrogen (secondary N) is 2. The molecule has 2 N–H and O–H groups in total. The van der Waals surface area contributed by atoms with Crippen LogP contribution < -0.4 is 10.0 Å². The summed E-state index contributed by atoms with van der Waals surface area (Å²) in [5.41, 5.74) is 2.61. The van der Waals surface area contributed by atoms with E-state index in [-0.39, 0.29) is 17.8 Å². The van der Waals surface area contributed by atoms with Crippen molar-refractivity contribution in [1.29, 1.82) is 0 Å². The molecule has 0 aliphatic carbocycles. The van der Waals surface area contributed by atoms with Gasteiger partial charge in [0.2, 0.25) is 10.0 Å². The molecule has 0 saturated carbocycles. The minimum absolute atomic E-state index is 0.241. The average molecular weight is 400 g/mol. The molecule has 3 aromatic carbocycles. The van der Waals surface area contributed by atoms with Crippen LogP contribution in [0.4, 0.5) is 10.1 Å². The van der Waals surface area contributed by atoms with Gasteiger partial charge in [-0.15, -0.1) is 0 Å². The summed E-state index contributed by atoms with van der Waals surface area (Å²) in [7, 11) is -3.35. The summed E-state index contributed by atoms with van der Waals surface area (Å²) in [5.74, 6) is -0.558. The fourth-order valence-corrected chi connectivity index (χ4v) is 3.62. The lowest BCUT2D eigenvalue weighted by Gasteiger charge is -2.17. The highest BCUT2D eigenvalue weighted by Crippen LogP contribution is 2.23. The molecule has 0 saturated heterocycles. The molecule has 0 heterocycles. The molecular weight excluding hydrogens is 379 g/mol. The Bertz CT molecular complexity index is 1160. The monoisotopic (exact) mass is 400 g/mol. The van der Waals surface area contributed by atoms with Gasteiger partial charge in [0.15, 0.2) is 0 Å². The highest BCUT2D eigenvalue weighted by molar-refractivity contribution is 7.92. The van der Waals surface area contributed by atoms with Crippen LogP contribution in [0.25, 0.3) is 10.8 Å². The summed E-state index contributed by atoms with van der Waals surface area (Å²) in [5, 5.41) is 4.45. The van der Waals surface area contributed by atoms with E-state index in [1.165, 1.54) is 12.1 Å². The molecule has 0 fully saturated rings. The third-order valence-electron chi connectivity index (χ3n) is 4.46. The first kappa shape index (κ1) is 19.8. The lowest BCUT2D eigenvalue weighted by Crippen LogP contribution is -2.26. The molecule has 3 aromatic rings. The molecule has 28 heavy (non-hydrogen) atoms. The van der Waals surface area contributed by atoms with Crippen molar-refractivity contribution in [2.75, 3.05) is 11.0 Å². The number of hydrogen-bond acceptors (Lipinski definition) is 3. The highest BCUT2D eigenvalue weighted by Gasteiger charge is 2.14. The van der Waals surface area contributed by atoms with E-state index in [0.29, 0.717) is 11.3 Å². The van der Waals surface area contributed by atoms with Crippen molar-refractivity contribution in [1.82, 2.24) is 5.32 Å². The summed E-state index contributed by atoms with van der Waals surface area (Å²) < 4.78 is 38.5. The number of amides is 1. The maximum atomic E-state index is 13.3. The van der Waals surface area contributed by atoms with Crippen molar-refractivity contribution in [3.63, 3.8) is 0 Å². The van der Waals surface area contributed by atoms with Crippen molar-refractivity contribution >= 4 is 32.4 Å². The van der Waals surface area contributed by atoms with Gasteiger partial charge in [-0.05, 0) is 66.1 Å². The van der Waals surface area contributed by atoms with Gasteiger partial charge in [0.05, 0.1) is 18.0 Å². The molecule has 5 nitrogen and oxygen atoms in total. The summed E-state index contributed by atoms with van der Waals surface area (Å²) in [6.07, 6.45) is 1.10. The van der Waals surface area contributed by atoms with Crippen LogP contribution in [0, 0.1) is 12.7 Å². The van der Waals surface area contributed by atoms with Crippen LogP contribution in [0.15, 0.2) is 54.6 Å². The molecule has 0 radical (unpaired) electrons. The fourth-order valence-electron chi connectivity index (χ4n) is 2.99. The van der Waals surface area contributed by atoms with Gasteiger partial charge in [-0.3, -0.25) is 9.52 Å². The Morgan fingerprint density at radius 2 is 1.68 bits per heavy atom. The summed E-state index contributed by atoms with van der Waals surface area (Å²) in [6, 6.07) is 14.5. The minimum atomic E-state index is -3.35. The van der Waals surface area contributed by atoms with Crippen LogP contribution in [-0.4, -0.2) is 20.6 Å². The Morgan fingerprint density at radius 3 is 2.36 bits per heavy atom. The zero-order valence-corrected chi connectivity index (χ0v) is 16.6. The summed E-state index contributed by atoms with van der Waals surface area (Å²) >= 11 is 0. The van der Waals surface area contributed by atoms with E-state index in [1.807, 2.05) is 13.0 Å². The molecule has 0 aliphatic rings. The van der Waals surface area contributed by atoms with Crippen molar-refractivity contribution in [2.45, 2.75) is 19.9 Å². The average Bonchev–Trinajstić information content (AvgIpc) is 2.61. The second kappa shape index (κ2) is 7.59. The number of anilines is 1. The zero-order valence-electron chi connectivity index (χ0n) is 15.8. The smallest absolute Gasteiger partial charge is 0.251 e. The standard InChI is InChI=1S/C21H21FN2O3S/c1-13-10-15(7-9-20(13)24-28(3,26)27)14(2)23-21(25)18-5-4-17-12-19(22)8-6-16(17)11-18/h4-12,14,24H,1-3H3,(H,23,25)/t14-/m1/s1. The van der Waals surface area contributed by atoms with Gasteiger partial charge in [-0.25, -0.2) is 12.8 Å². The third kappa shape index (κ3) is 4.67. The predicted octanol–water partition coefficient (Wildman–Crippen LogP) is 4.15. The minimum Gasteiger partial charge on any atom is -0.346 e. The fraction of sp³-hybridized carbons (Fsp3) is 0.190. The number of hydrogen-bond donors (Lipinski definition) is 2. The predicted molar refractivity (Wildman–Crippen MR) is 109 cm³/mol. The lowest BCUT2D eigenvalue weighted by molar-refractivity contribution is 0.0940. The van der Waals surface area contributed by atoms with Crippen LogP contribution >= 0.6 is 0 Å². The second-order valence-electron chi connectivity index (χ2n) is 6.85. The van der Waals surface area contributed by atoms with Crippen LogP contribution in [0.2, 0.25) is 0 Å². The number of carbonyl (C=O) groups excluding carboxylic acids is 1. The molecule has 7 heteroatoms. The molecule has 0 unspecified atom stereocenters. The summed E-state index contributed by atoms with van der Waals surface area (Å²) in [4.78, 5) is 12.6. The van der Waals surface area contributed by atoms with Crippen molar-refractivity contribution in [3.05, 3.63) is 77.1 Å². The molecule has 0 spiro atoms. The van der Waals surface area contributed by atoms with Gasteiger partial charge in [0, 0.05) is 5.56 Å². The van der Waals surface area contributed by atoms with Crippen molar-refractivity contribution in [2.24, 2.45) is 0 Å². The normalized spacial score (nSPS) is 12.6. The van der Waals surface area contributed by atoms with Crippen LogP contribution in [0.5, 0.6) is 0 Å². The van der Waals surface area contributed by atoms with E-state index in [1.54, 1.807) is 43.3 Å². The topological polar surface area (TPSA) is 75.3 Å². The molecule has 0 aliphatic heterocycles. The Morgan fingerprint density at radius 1 is 1.00 bits per heavy atom. The van der Waals surface area contributed by atoms with E-state index in [2.05, 4.69) is 10.0 Å². The van der Waals surface area contributed by atoms with E-state index in [4.69, 9.17) is 0 Å². The molecule has 3 rings (SSSR count). The van der Waals surface area contributed by atoms with Gasteiger partial charge in [-0.2, -0.15) is 0 Å². The maximum absolute atomic E-state index is 13.3. The molecular formula is C21H21FN2O3S. The first-order valence-corrected chi connectivity index (χ1v) is 10.6. The number of carbonyl (C=O) groups is 1. The van der Waals surface area contributed by atoms with E-state index < -0.39 is 10.0 Å². The number of fused-ring (bicyclic) bond motifs is 1. The van der Waals surface area contributed by atoms with Crippen LogP contribution in [-0.2, 0) is 10.0 Å². The quantitative estimate of drug-likeness (QED) is 0.676. The number of benzene rings is 3. The van der Waals surface area contributed by atoms with Gasteiger partial charge in [0.1, 0.15) is 5.82 Å². The zero-order chi connectivity index (χ0) is 20.5. The largest absolute Gasteiger partial charge is 0.346 e. The second-order valence-corrected chi connectivity index (χ2v) is 8.60. The highest BCUT2D eigenvalue weighted by atomic mass is 32.2. The first-order chi connectivity index (χ1) is 13.1. The molecule has 0 aromatic heterocycles. The molecule has 0 bridgehead atoms. The SMILES string of the molecule is Cc1cc([C@@H](C)NC(=O)c2ccc3cc(F)ccc3c2)ccc1NS(C)(=O)=O. The van der Waals surface area contributed by atoms with E-state index >= 15 is 0 Å². The molecule has 1 atom stereocenters. The Kier molecular flexibility index (Phi) is 5.38. The Labute approximate surface area is 163 Å². The maximum Gasteiger partial charge on any atom is 0.251 e. The van der Waals surface area contributed by atoms with Crippen molar-refractivity contribution < 1.29 is 17.6 Å². The van der Waals surface area contributed by atoms with Crippen LogP contribution in [0.3, 0.4) is 0 Å². The Hall–Kier alpha value is -2.93.